The van der Waals surface area contributed by atoms with Crippen LogP contribution in [0.5, 0.6) is 0 Å². The molecule has 1 heterocycles. The first-order chi connectivity index (χ1) is 9.06. The van der Waals surface area contributed by atoms with E-state index in [-0.39, 0.29) is 11.6 Å². The second-order valence-corrected chi connectivity index (χ2v) is 4.77. The molecule has 2 aromatic rings. The number of aromatic nitrogens is 1. The lowest BCUT2D eigenvalue weighted by molar-refractivity contribution is 0.112. The number of benzene rings is 1. The molecule has 0 aliphatic heterocycles. The van der Waals surface area contributed by atoms with E-state index in [4.69, 9.17) is 0 Å². The van der Waals surface area contributed by atoms with Gasteiger partial charge >= 0.3 is 0 Å². The van der Waals surface area contributed by atoms with Crippen LogP contribution in [0.1, 0.15) is 40.0 Å². The highest BCUT2D eigenvalue weighted by molar-refractivity contribution is 5.78. The zero-order valence-electron chi connectivity index (χ0n) is 11.4. The topological polar surface area (TPSA) is 39.1 Å². The minimum atomic E-state index is -0.107. The highest BCUT2D eigenvalue weighted by Crippen LogP contribution is 2.17. The lowest BCUT2D eigenvalue weighted by atomic mass is 10.0. The van der Waals surface area contributed by atoms with Crippen LogP contribution in [0.4, 0.5) is 0 Å². The van der Waals surface area contributed by atoms with Crippen LogP contribution in [0.3, 0.4) is 0 Å². The molecule has 0 amide bonds. The van der Waals surface area contributed by atoms with Crippen molar-refractivity contribution in [1.82, 2.24) is 4.57 Å². The summed E-state index contributed by atoms with van der Waals surface area (Å²) in [5, 5.41) is 0. The van der Waals surface area contributed by atoms with Crippen molar-refractivity contribution in [3.8, 4) is 0 Å². The highest BCUT2D eigenvalue weighted by Gasteiger charge is 2.14. The second-order valence-electron chi connectivity index (χ2n) is 4.77. The van der Waals surface area contributed by atoms with Crippen molar-refractivity contribution >= 4 is 6.29 Å². The van der Waals surface area contributed by atoms with E-state index in [1.807, 2.05) is 44.2 Å². The molecule has 0 radical (unpaired) electrons. The molecule has 3 heteroatoms. The van der Waals surface area contributed by atoms with Crippen molar-refractivity contribution < 1.29 is 4.79 Å². The van der Waals surface area contributed by atoms with Crippen LogP contribution in [0.15, 0.2) is 41.3 Å². The average molecular weight is 255 g/mol. The standard InChI is InChI=1S/C16H17NO2/c1-11-9-17(16(19)12(2)15(11)10-18)13(3)14-7-5-4-6-8-14/h4-10,13H,1-3H3. The predicted molar refractivity (Wildman–Crippen MR) is 75.8 cm³/mol. The molecule has 0 saturated carbocycles. The summed E-state index contributed by atoms with van der Waals surface area (Å²) in [7, 11) is 0. The molecule has 1 aromatic heterocycles. The first kappa shape index (κ1) is 13.3. The Labute approximate surface area is 112 Å². The smallest absolute Gasteiger partial charge is 0.254 e. The lowest BCUT2D eigenvalue weighted by Gasteiger charge is -2.18. The summed E-state index contributed by atoms with van der Waals surface area (Å²) in [6.45, 7) is 5.54. The summed E-state index contributed by atoms with van der Waals surface area (Å²) in [4.78, 5) is 23.3. The molecule has 1 aromatic carbocycles. The second kappa shape index (κ2) is 5.22. The van der Waals surface area contributed by atoms with Gasteiger partial charge in [-0.3, -0.25) is 9.59 Å². The Morgan fingerprint density at radius 2 is 1.79 bits per heavy atom. The van der Waals surface area contributed by atoms with Crippen LogP contribution >= 0.6 is 0 Å². The molecular weight excluding hydrogens is 238 g/mol. The number of carbonyl (C=O) groups is 1. The molecule has 98 valence electrons. The Balaban J connectivity index is 2.59. The molecule has 3 nitrogen and oxygen atoms in total. The van der Waals surface area contributed by atoms with Gasteiger partial charge in [-0.15, -0.1) is 0 Å². The zero-order valence-corrected chi connectivity index (χ0v) is 11.4. The van der Waals surface area contributed by atoms with E-state index in [1.54, 1.807) is 17.7 Å². The maximum absolute atomic E-state index is 12.3. The number of hydrogen-bond donors (Lipinski definition) is 0. The number of hydrogen-bond acceptors (Lipinski definition) is 2. The minimum absolute atomic E-state index is 0.0493. The van der Waals surface area contributed by atoms with E-state index >= 15 is 0 Å². The number of rotatable bonds is 3. The summed E-state index contributed by atoms with van der Waals surface area (Å²) >= 11 is 0. The number of aldehydes is 1. The van der Waals surface area contributed by atoms with Crippen molar-refractivity contribution in [3.05, 3.63) is 69.1 Å². The van der Waals surface area contributed by atoms with Crippen molar-refractivity contribution in [2.75, 3.05) is 0 Å². The third-order valence-corrected chi connectivity index (χ3v) is 3.53. The molecule has 0 saturated heterocycles. The van der Waals surface area contributed by atoms with E-state index in [2.05, 4.69) is 0 Å². The first-order valence-electron chi connectivity index (χ1n) is 6.28. The minimum Gasteiger partial charge on any atom is -0.308 e. The fourth-order valence-corrected chi connectivity index (χ4v) is 2.30. The van der Waals surface area contributed by atoms with E-state index in [0.717, 1.165) is 17.4 Å². The maximum Gasteiger partial charge on any atom is 0.254 e. The SMILES string of the molecule is Cc1cn(C(C)c2ccccc2)c(=O)c(C)c1C=O. The summed E-state index contributed by atoms with van der Waals surface area (Å²) in [5.41, 5.74) is 2.81. The monoisotopic (exact) mass is 255 g/mol. The van der Waals surface area contributed by atoms with Crippen molar-refractivity contribution in [1.29, 1.82) is 0 Å². The third kappa shape index (κ3) is 2.36. The average Bonchev–Trinajstić information content (AvgIpc) is 2.43. The van der Waals surface area contributed by atoms with Crippen LogP contribution in [0, 0.1) is 13.8 Å². The van der Waals surface area contributed by atoms with Gasteiger partial charge in [0.15, 0.2) is 6.29 Å². The predicted octanol–water partition coefficient (Wildman–Crippen LogP) is 2.89. The van der Waals surface area contributed by atoms with Gasteiger partial charge in [0.25, 0.3) is 5.56 Å². The molecule has 0 spiro atoms. The Hall–Kier alpha value is -2.16. The van der Waals surface area contributed by atoms with Gasteiger partial charge in [-0.1, -0.05) is 30.3 Å². The lowest BCUT2D eigenvalue weighted by Crippen LogP contribution is -2.27. The Kier molecular flexibility index (Phi) is 3.65. The summed E-state index contributed by atoms with van der Waals surface area (Å²) in [6, 6.07) is 9.80. The molecule has 0 aliphatic rings. The van der Waals surface area contributed by atoms with Gasteiger partial charge in [0.05, 0.1) is 6.04 Å². The van der Waals surface area contributed by atoms with Gasteiger partial charge in [0.2, 0.25) is 0 Å². The first-order valence-corrected chi connectivity index (χ1v) is 6.28. The third-order valence-electron chi connectivity index (χ3n) is 3.53. The largest absolute Gasteiger partial charge is 0.308 e. The fraction of sp³-hybridized carbons (Fsp3) is 0.250. The number of carbonyl (C=O) groups excluding carboxylic acids is 1. The molecule has 0 aliphatic carbocycles. The molecule has 0 fully saturated rings. The number of pyridine rings is 1. The molecule has 0 N–H and O–H groups in total. The summed E-state index contributed by atoms with van der Waals surface area (Å²) in [6.07, 6.45) is 2.51. The van der Waals surface area contributed by atoms with Crippen LogP contribution < -0.4 is 5.56 Å². The Morgan fingerprint density at radius 3 is 2.37 bits per heavy atom. The van der Waals surface area contributed by atoms with Crippen LogP contribution in [0.2, 0.25) is 0 Å². The van der Waals surface area contributed by atoms with Crippen LogP contribution in [0.25, 0.3) is 0 Å². The van der Waals surface area contributed by atoms with Gasteiger partial charge in [0, 0.05) is 17.3 Å². The molecule has 1 atom stereocenters. The van der Waals surface area contributed by atoms with Crippen molar-refractivity contribution in [2.45, 2.75) is 26.8 Å². The molecule has 2 rings (SSSR count). The quantitative estimate of drug-likeness (QED) is 0.791. The Bertz CT molecular complexity index is 656. The Morgan fingerprint density at radius 1 is 1.16 bits per heavy atom. The van der Waals surface area contributed by atoms with Crippen LogP contribution in [-0.2, 0) is 0 Å². The van der Waals surface area contributed by atoms with Gasteiger partial charge < -0.3 is 4.57 Å². The normalized spacial score (nSPS) is 12.2. The molecule has 1 unspecified atom stereocenters. The zero-order chi connectivity index (χ0) is 14.0. The maximum atomic E-state index is 12.3. The van der Waals surface area contributed by atoms with Gasteiger partial charge in [-0.25, -0.2) is 0 Å². The van der Waals surface area contributed by atoms with Gasteiger partial charge in [0.1, 0.15) is 0 Å². The van der Waals surface area contributed by atoms with Crippen LogP contribution in [-0.4, -0.2) is 10.9 Å². The molecule has 0 bridgehead atoms. The van der Waals surface area contributed by atoms with Gasteiger partial charge in [-0.2, -0.15) is 0 Å². The van der Waals surface area contributed by atoms with Crippen molar-refractivity contribution in [3.63, 3.8) is 0 Å². The van der Waals surface area contributed by atoms with Crippen molar-refractivity contribution in [2.24, 2.45) is 0 Å². The summed E-state index contributed by atoms with van der Waals surface area (Å²) < 4.78 is 1.69. The highest BCUT2D eigenvalue weighted by atomic mass is 16.1. The number of aryl methyl sites for hydroxylation is 1. The number of nitrogens with zero attached hydrogens (tertiary/aromatic N) is 1. The van der Waals surface area contributed by atoms with E-state index in [0.29, 0.717) is 11.1 Å². The fourth-order valence-electron chi connectivity index (χ4n) is 2.30. The van der Waals surface area contributed by atoms with Gasteiger partial charge in [-0.05, 0) is 31.9 Å². The molecule has 19 heavy (non-hydrogen) atoms. The van der Waals surface area contributed by atoms with E-state index in [9.17, 15) is 9.59 Å². The van der Waals surface area contributed by atoms with E-state index in [1.165, 1.54) is 0 Å². The molecular formula is C16H17NO2. The van der Waals surface area contributed by atoms with E-state index < -0.39 is 0 Å². The summed E-state index contributed by atoms with van der Waals surface area (Å²) in [5.74, 6) is 0.